The average molecular weight is 1110 g/mol. The van der Waals surface area contributed by atoms with E-state index in [0.29, 0.717) is 0 Å². The molecule has 5 N–H and O–H groups in total. The van der Waals surface area contributed by atoms with Crippen molar-refractivity contribution >= 4 is 71.1 Å². The number of hydrogen-bond acceptors (Lipinski definition) is 18. The molecule has 444 valence electrons. The Morgan fingerprint density at radius 1 is 0.282 bits per heavy atom. The largest absolute Gasteiger partial charge is 0.453 e. The van der Waals surface area contributed by atoms with Crippen molar-refractivity contribution in [3.8, 4) is 0 Å². The van der Waals surface area contributed by atoms with E-state index >= 15 is 0 Å². The second-order valence-electron chi connectivity index (χ2n) is 23.2. The van der Waals surface area contributed by atoms with E-state index in [0.717, 1.165) is 0 Å². The Kier molecular flexibility index (Phi) is 28.2. The van der Waals surface area contributed by atoms with Crippen LogP contribution >= 0.6 is 0 Å². The van der Waals surface area contributed by atoms with Gasteiger partial charge in [0.1, 0.15) is 30.2 Å². The summed E-state index contributed by atoms with van der Waals surface area (Å²) in [5.41, 5.74) is 0. The summed E-state index contributed by atoms with van der Waals surface area (Å²) in [7, 11) is 0. The highest BCUT2D eigenvalue weighted by atomic mass is 16.6. The van der Waals surface area contributed by atoms with Crippen LogP contribution in [0.5, 0.6) is 0 Å². The molecule has 1 aliphatic heterocycles. The van der Waals surface area contributed by atoms with Crippen molar-refractivity contribution in [2.75, 3.05) is 0 Å². The summed E-state index contributed by atoms with van der Waals surface area (Å²) in [4.78, 5) is 165. The van der Waals surface area contributed by atoms with Crippen LogP contribution in [0.25, 0.3) is 0 Å². The van der Waals surface area contributed by atoms with Crippen LogP contribution in [0.4, 0.5) is 0 Å². The van der Waals surface area contributed by atoms with E-state index in [4.69, 9.17) is 28.4 Å². The zero-order valence-corrected chi connectivity index (χ0v) is 49.7. The zero-order chi connectivity index (χ0) is 60.5. The van der Waals surface area contributed by atoms with Crippen molar-refractivity contribution in [1.82, 2.24) is 26.6 Å². The van der Waals surface area contributed by atoms with Gasteiger partial charge in [-0.15, -0.1) is 0 Å². The van der Waals surface area contributed by atoms with Gasteiger partial charge >= 0.3 is 35.8 Å². The molecule has 1 rings (SSSR count). The molecule has 78 heavy (non-hydrogen) atoms. The lowest BCUT2D eigenvalue weighted by atomic mass is 9.87. The van der Waals surface area contributed by atoms with E-state index in [1.54, 1.807) is 125 Å². The molecule has 5 amide bonds. The van der Waals surface area contributed by atoms with Crippen LogP contribution < -0.4 is 26.6 Å². The van der Waals surface area contributed by atoms with Crippen molar-refractivity contribution < 1.29 is 86.0 Å². The van der Waals surface area contributed by atoms with Crippen LogP contribution in [0.1, 0.15) is 152 Å². The number of carbonyl (C=O) groups is 12. The number of rotatable bonds is 9. The van der Waals surface area contributed by atoms with Gasteiger partial charge in [0.15, 0.2) is 42.4 Å². The molecule has 0 spiro atoms. The maximum absolute atomic E-state index is 14.0. The Bertz CT molecular complexity index is 1890. The molecule has 0 radical (unpaired) electrons. The third kappa shape index (κ3) is 20.9. The zero-order valence-electron chi connectivity index (χ0n) is 49.7. The van der Waals surface area contributed by atoms with E-state index < -0.39 is 204 Å². The van der Waals surface area contributed by atoms with E-state index in [9.17, 15) is 57.5 Å². The number of ketones is 1. The van der Waals surface area contributed by atoms with Gasteiger partial charge in [0.2, 0.25) is 0 Å². The third-order valence-electron chi connectivity index (χ3n) is 13.0. The van der Waals surface area contributed by atoms with Crippen LogP contribution in [0, 0.1) is 59.2 Å². The molecule has 0 aromatic carbocycles. The van der Waals surface area contributed by atoms with Gasteiger partial charge in [-0.05, 0) is 74.0 Å². The van der Waals surface area contributed by atoms with Crippen LogP contribution in [-0.4, -0.2) is 138 Å². The van der Waals surface area contributed by atoms with Gasteiger partial charge in [0.25, 0.3) is 29.5 Å². The predicted octanol–water partition coefficient (Wildman–Crippen LogP) is 3.43. The summed E-state index contributed by atoms with van der Waals surface area (Å²) >= 11 is 0. The molecule has 0 bridgehead atoms. The molecule has 0 aliphatic carbocycles. The van der Waals surface area contributed by atoms with Crippen molar-refractivity contribution in [2.45, 2.75) is 219 Å². The summed E-state index contributed by atoms with van der Waals surface area (Å²) in [6.07, 6.45) is -9.55. The third-order valence-corrected chi connectivity index (χ3v) is 13.0. The molecule has 1 saturated heterocycles. The van der Waals surface area contributed by atoms with Gasteiger partial charge in [-0.1, -0.05) is 125 Å². The smallest absolute Gasteiger partial charge is 0.329 e. The number of Topliss-reactive ketones (excluding diaryl/α,β-unsaturated/α-hetero) is 1. The first-order valence-electron chi connectivity index (χ1n) is 27.1. The molecular weight excluding hydrogens is 1020 g/mol. The lowest BCUT2D eigenvalue weighted by molar-refractivity contribution is -0.167. The molecule has 1 heterocycles. The highest BCUT2D eigenvalue weighted by molar-refractivity contribution is 5.96. The molecule has 0 aromatic heterocycles. The lowest BCUT2D eigenvalue weighted by Gasteiger charge is -2.30. The maximum atomic E-state index is 14.0. The topological polar surface area (TPSA) is 320 Å². The monoisotopic (exact) mass is 1110 g/mol. The number of cyclic esters (lactones) is 6. The van der Waals surface area contributed by atoms with Crippen LogP contribution in [0.15, 0.2) is 0 Å². The number of amides is 5. The van der Waals surface area contributed by atoms with Gasteiger partial charge in [-0.25, -0.2) is 24.0 Å². The molecule has 12 atom stereocenters. The highest BCUT2D eigenvalue weighted by Gasteiger charge is 2.42. The predicted molar refractivity (Wildman–Crippen MR) is 283 cm³/mol. The average Bonchev–Trinajstić information content (AvgIpc) is 3.31. The molecular formula is C55H91N5O18. The second-order valence-corrected chi connectivity index (χ2v) is 23.2. The highest BCUT2D eigenvalue weighted by Crippen LogP contribution is 2.24. The Hall–Kier alpha value is -6.16. The van der Waals surface area contributed by atoms with Crippen LogP contribution in [0.3, 0.4) is 0 Å². The molecule has 23 heteroatoms. The molecule has 1 aliphatic rings. The number of hydrogen-bond donors (Lipinski definition) is 5. The number of nitrogens with one attached hydrogen (secondary N) is 5. The van der Waals surface area contributed by atoms with E-state index in [1.165, 1.54) is 20.8 Å². The fourth-order valence-electron chi connectivity index (χ4n) is 7.77. The maximum Gasteiger partial charge on any atom is 0.329 e. The van der Waals surface area contributed by atoms with Gasteiger partial charge in [0.05, 0.1) is 5.92 Å². The van der Waals surface area contributed by atoms with Crippen molar-refractivity contribution in [2.24, 2.45) is 59.2 Å². The Morgan fingerprint density at radius 2 is 0.500 bits per heavy atom. The first-order valence-corrected chi connectivity index (χ1v) is 27.1. The summed E-state index contributed by atoms with van der Waals surface area (Å²) in [6, 6.07) is -6.92. The van der Waals surface area contributed by atoms with Gasteiger partial charge in [-0.2, -0.15) is 0 Å². The van der Waals surface area contributed by atoms with Crippen LogP contribution in [0.2, 0.25) is 0 Å². The minimum atomic E-state index is -1.55. The minimum absolute atomic E-state index is 0.484. The second kappa shape index (κ2) is 31.4. The van der Waals surface area contributed by atoms with Crippen molar-refractivity contribution in [3.05, 3.63) is 0 Å². The lowest BCUT2D eigenvalue weighted by Crippen LogP contribution is -2.55. The van der Waals surface area contributed by atoms with Gasteiger partial charge in [0, 0.05) is 6.42 Å². The Balaban J connectivity index is 3.87. The normalized spacial score (nSPS) is 28.9. The fourth-order valence-corrected chi connectivity index (χ4v) is 7.77. The first-order chi connectivity index (χ1) is 35.9. The number of carbonyl (C=O) groups excluding carboxylic acids is 12. The molecule has 0 unspecified atom stereocenters. The van der Waals surface area contributed by atoms with Gasteiger partial charge < -0.3 is 55.0 Å². The summed E-state index contributed by atoms with van der Waals surface area (Å²) < 4.78 is 33.7. The SMILES string of the molecule is CC(C)[C@@H]1NC(=O)[C@H](C)OC(=O)[C@@H](C(C)C)NC(=O)[C@@H](C(C)C)OC(=O)[C@H](C(C)C)NC(=O)[C@H](C)OC(=O)[C@@H](C(C)C)NC(=O)[C@@H](C(C)C)OC(=O)[C@H](C(C)C)NC(=O)[C@H](C)OC(=O)[C@@H](C(C)C)CC(=O)[C@@H](C(C)C)OC1=O. The summed E-state index contributed by atoms with van der Waals surface area (Å²) in [5.74, 6) is -18.2. The first kappa shape index (κ1) is 69.9. The Morgan fingerprint density at radius 3 is 0.731 bits per heavy atom. The summed E-state index contributed by atoms with van der Waals surface area (Å²) in [6.45, 7) is 32.5. The van der Waals surface area contributed by atoms with Crippen LogP contribution in [-0.2, 0) is 86.0 Å². The van der Waals surface area contributed by atoms with E-state index in [-0.39, 0.29) is 0 Å². The fraction of sp³-hybridized carbons (Fsp3) is 0.782. The molecule has 23 nitrogen and oxygen atoms in total. The quantitative estimate of drug-likeness (QED) is 0.163. The standard InChI is InChI=1S/C55H91N5O18/c1-23(2)35-22-36(61)42(29(13)14)76-53(70)39(26(7)8)56-46(63)33(20)74-51(68)37(24(3)4)59-49(66)44(31(17)18)78-55(72)41(28(11)12)58-47(64)34(21)75-52(69)38(25(5)6)60-48(65)43(30(15)16)77-54(71)40(27(9)10)57-45(62)32(19)73-50(35)67/h23-35,37-44H,22H2,1-21H3,(H,56,63)(H,57,62)(H,58,64)(H,59,66)(H,60,65)/t32-,33-,34-,35+,37+,38+,39-,40-,41-,42+,43+,44+/m0/s1. The van der Waals surface area contributed by atoms with Crippen molar-refractivity contribution in [1.29, 1.82) is 0 Å². The molecule has 1 fully saturated rings. The molecule has 0 saturated carbocycles. The number of ether oxygens (including phenoxy) is 6. The van der Waals surface area contributed by atoms with Crippen molar-refractivity contribution in [3.63, 3.8) is 0 Å². The van der Waals surface area contributed by atoms with E-state index in [1.807, 2.05) is 0 Å². The minimum Gasteiger partial charge on any atom is -0.453 e. The summed E-state index contributed by atoms with van der Waals surface area (Å²) in [5, 5.41) is 12.6. The molecule has 0 aromatic rings. The van der Waals surface area contributed by atoms with E-state index in [2.05, 4.69) is 26.6 Å². The van der Waals surface area contributed by atoms with Gasteiger partial charge in [-0.3, -0.25) is 33.6 Å². The Labute approximate surface area is 460 Å². The number of esters is 6.